The van der Waals surface area contributed by atoms with E-state index in [0.29, 0.717) is 35.5 Å². The summed E-state index contributed by atoms with van der Waals surface area (Å²) in [6.07, 6.45) is 7.45. The third-order valence-corrected chi connectivity index (χ3v) is 6.19. The van der Waals surface area contributed by atoms with Crippen LogP contribution in [0.4, 0.5) is 0 Å². The first kappa shape index (κ1) is 20.0. The fourth-order valence-electron chi connectivity index (χ4n) is 4.34. The summed E-state index contributed by atoms with van der Waals surface area (Å²) in [5.74, 6) is -0.149. The molecule has 1 aliphatic heterocycles. The van der Waals surface area contributed by atoms with E-state index < -0.39 is 0 Å². The average Bonchev–Trinajstić information content (AvgIpc) is 3.24. The molecule has 2 N–H and O–H groups in total. The zero-order chi connectivity index (χ0) is 20.2. The monoisotopic (exact) mass is 414 g/mol. The number of piperidine rings is 1. The van der Waals surface area contributed by atoms with Crippen LogP contribution in [0.25, 0.3) is 11.3 Å². The molecule has 7 heteroatoms. The van der Waals surface area contributed by atoms with Gasteiger partial charge in [-0.25, -0.2) is 0 Å². The van der Waals surface area contributed by atoms with Gasteiger partial charge in [0.05, 0.1) is 11.6 Å². The Balaban J connectivity index is 1.39. The number of H-pyrrole nitrogens is 1. The fraction of sp³-hybridized carbons (Fsp3) is 0.500. The van der Waals surface area contributed by atoms with Crippen LogP contribution in [0, 0.1) is 5.92 Å². The molecule has 2 amide bonds. The molecule has 6 nitrogen and oxygen atoms in total. The Morgan fingerprint density at radius 3 is 2.72 bits per heavy atom. The Morgan fingerprint density at radius 1 is 1.10 bits per heavy atom. The highest BCUT2D eigenvalue weighted by Crippen LogP contribution is 2.24. The molecule has 1 atom stereocenters. The summed E-state index contributed by atoms with van der Waals surface area (Å²) < 4.78 is 0. The summed E-state index contributed by atoms with van der Waals surface area (Å²) in [4.78, 5) is 27.4. The lowest BCUT2D eigenvalue weighted by atomic mass is 9.93. The summed E-state index contributed by atoms with van der Waals surface area (Å²) in [5, 5.41) is 10.9. The molecular formula is C22H27ClN4O2. The number of nitrogens with zero attached hydrogens (tertiary/aromatic N) is 2. The second kappa shape index (κ2) is 8.99. The predicted molar refractivity (Wildman–Crippen MR) is 113 cm³/mol. The Labute approximate surface area is 176 Å². The van der Waals surface area contributed by atoms with Crippen LogP contribution in [-0.4, -0.2) is 46.0 Å². The molecule has 2 aliphatic rings. The van der Waals surface area contributed by atoms with Crippen LogP contribution in [-0.2, 0) is 4.79 Å². The predicted octanol–water partition coefficient (Wildman–Crippen LogP) is 4.03. The van der Waals surface area contributed by atoms with Crippen LogP contribution < -0.4 is 5.32 Å². The zero-order valence-electron chi connectivity index (χ0n) is 16.5. The van der Waals surface area contributed by atoms with E-state index in [0.717, 1.165) is 31.2 Å². The maximum Gasteiger partial charge on any atom is 0.271 e. The molecule has 1 saturated carbocycles. The minimum absolute atomic E-state index is 0.0960. The lowest BCUT2D eigenvalue weighted by Gasteiger charge is -2.33. The van der Waals surface area contributed by atoms with Gasteiger partial charge in [0.15, 0.2) is 0 Å². The third kappa shape index (κ3) is 4.81. The van der Waals surface area contributed by atoms with Crippen LogP contribution in [0.2, 0.25) is 5.02 Å². The van der Waals surface area contributed by atoms with Crippen molar-refractivity contribution >= 4 is 23.4 Å². The number of hydrogen-bond donors (Lipinski definition) is 2. The van der Waals surface area contributed by atoms with Crippen molar-refractivity contribution in [3.63, 3.8) is 0 Å². The summed E-state index contributed by atoms with van der Waals surface area (Å²) in [6.45, 7) is 1.13. The highest BCUT2D eigenvalue weighted by molar-refractivity contribution is 6.30. The SMILES string of the molecule is O=C(NC1CCCCC1)C1CCCN(C(=O)c2cc(-c3cccc(Cl)c3)n[nH]2)C1. The van der Waals surface area contributed by atoms with Crippen LogP contribution in [0.3, 0.4) is 0 Å². The zero-order valence-corrected chi connectivity index (χ0v) is 17.3. The lowest BCUT2D eigenvalue weighted by Crippen LogP contribution is -2.48. The number of halogens is 1. The first-order chi connectivity index (χ1) is 14.1. The highest BCUT2D eigenvalue weighted by atomic mass is 35.5. The number of aromatic nitrogens is 2. The van der Waals surface area contributed by atoms with Gasteiger partial charge in [0.2, 0.25) is 5.91 Å². The maximum absolute atomic E-state index is 13.0. The van der Waals surface area contributed by atoms with Crippen molar-refractivity contribution in [2.24, 2.45) is 5.92 Å². The van der Waals surface area contributed by atoms with Gasteiger partial charge in [-0.2, -0.15) is 5.10 Å². The van der Waals surface area contributed by atoms with Crippen LogP contribution in [0.5, 0.6) is 0 Å². The molecule has 154 valence electrons. The van der Waals surface area contributed by atoms with Crippen molar-refractivity contribution in [2.45, 2.75) is 51.0 Å². The van der Waals surface area contributed by atoms with Gasteiger partial charge in [-0.3, -0.25) is 14.7 Å². The van der Waals surface area contributed by atoms with E-state index in [9.17, 15) is 9.59 Å². The van der Waals surface area contributed by atoms with Gasteiger partial charge in [0, 0.05) is 29.7 Å². The van der Waals surface area contributed by atoms with Crippen LogP contribution in [0.15, 0.2) is 30.3 Å². The molecule has 0 spiro atoms. The van der Waals surface area contributed by atoms with E-state index in [-0.39, 0.29) is 17.7 Å². The summed E-state index contributed by atoms with van der Waals surface area (Å²) in [6, 6.07) is 9.43. The summed E-state index contributed by atoms with van der Waals surface area (Å²) in [5.41, 5.74) is 1.98. The quantitative estimate of drug-likeness (QED) is 0.792. The fourth-order valence-corrected chi connectivity index (χ4v) is 4.53. The number of nitrogens with one attached hydrogen (secondary N) is 2. The maximum atomic E-state index is 13.0. The third-order valence-electron chi connectivity index (χ3n) is 5.96. The first-order valence-corrected chi connectivity index (χ1v) is 10.9. The molecule has 1 aromatic heterocycles. The van der Waals surface area contributed by atoms with Crippen LogP contribution >= 0.6 is 11.6 Å². The van der Waals surface area contributed by atoms with Crippen molar-refractivity contribution in [1.82, 2.24) is 20.4 Å². The number of likely N-dealkylation sites (tertiary alicyclic amines) is 1. The van der Waals surface area contributed by atoms with Gasteiger partial charge in [-0.1, -0.05) is 43.0 Å². The largest absolute Gasteiger partial charge is 0.353 e. The molecule has 1 saturated heterocycles. The lowest BCUT2D eigenvalue weighted by molar-refractivity contribution is -0.127. The van der Waals surface area contributed by atoms with Gasteiger partial charge in [0.1, 0.15) is 5.69 Å². The Kier molecular flexibility index (Phi) is 6.19. The number of hydrogen-bond acceptors (Lipinski definition) is 3. The van der Waals surface area contributed by atoms with E-state index in [2.05, 4.69) is 15.5 Å². The number of aromatic amines is 1. The van der Waals surface area contributed by atoms with Gasteiger partial charge >= 0.3 is 0 Å². The molecular weight excluding hydrogens is 388 g/mol. The van der Waals surface area contributed by atoms with Gasteiger partial charge in [-0.05, 0) is 43.9 Å². The molecule has 0 radical (unpaired) electrons. The minimum atomic E-state index is -0.134. The first-order valence-electron chi connectivity index (χ1n) is 10.5. The molecule has 29 heavy (non-hydrogen) atoms. The molecule has 0 bridgehead atoms. The normalized spacial score (nSPS) is 20.4. The van der Waals surface area contributed by atoms with E-state index >= 15 is 0 Å². The van der Waals surface area contributed by atoms with Crippen molar-refractivity contribution in [3.8, 4) is 11.3 Å². The van der Waals surface area contributed by atoms with Crippen molar-refractivity contribution in [3.05, 3.63) is 41.0 Å². The molecule has 1 aromatic carbocycles. The average molecular weight is 415 g/mol. The van der Waals surface area contributed by atoms with E-state index in [1.807, 2.05) is 18.2 Å². The smallest absolute Gasteiger partial charge is 0.271 e. The van der Waals surface area contributed by atoms with E-state index in [1.54, 1.807) is 17.0 Å². The molecule has 2 aromatic rings. The number of amides is 2. The number of rotatable bonds is 4. The highest BCUT2D eigenvalue weighted by Gasteiger charge is 2.30. The number of carbonyl (C=O) groups excluding carboxylic acids is 2. The molecule has 1 aliphatic carbocycles. The second-order valence-corrected chi connectivity index (χ2v) is 8.55. The van der Waals surface area contributed by atoms with Crippen molar-refractivity contribution in [1.29, 1.82) is 0 Å². The molecule has 4 rings (SSSR count). The Bertz CT molecular complexity index is 875. The van der Waals surface area contributed by atoms with E-state index in [1.165, 1.54) is 19.3 Å². The second-order valence-electron chi connectivity index (χ2n) is 8.11. The Hall–Kier alpha value is -2.34. The number of benzene rings is 1. The number of carbonyl (C=O) groups is 2. The molecule has 1 unspecified atom stereocenters. The summed E-state index contributed by atoms with van der Waals surface area (Å²) in [7, 11) is 0. The molecule has 2 heterocycles. The van der Waals surface area contributed by atoms with E-state index in [4.69, 9.17) is 11.6 Å². The van der Waals surface area contributed by atoms with Gasteiger partial charge in [0.25, 0.3) is 5.91 Å². The minimum Gasteiger partial charge on any atom is -0.353 e. The Morgan fingerprint density at radius 2 is 1.93 bits per heavy atom. The van der Waals surface area contributed by atoms with Crippen molar-refractivity contribution in [2.75, 3.05) is 13.1 Å². The molecule has 2 fully saturated rings. The van der Waals surface area contributed by atoms with Gasteiger partial charge < -0.3 is 10.2 Å². The standard InChI is InChI=1S/C22H27ClN4O2/c23-17-8-4-6-15(12-17)19-13-20(26-25-19)22(29)27-11-5-7-16(14-27)21(28)24-18-9-2-1-3-10-18/h4,6,8,12-13,16,18H,1-3,5,7,9-11,14H2,(H,24,28)(H,25,26). The van der Waals surface area contributed by atoms with Crippen LogP contribution in [0.1, 0.15) is 55.4 Å². The summed E-state index contributed by atoms with van der Waals surface area (Å²) >= 11 is 6.05. The van der Waals surface area contributed by atoms with Crippen molar-refractivity contribution < 1.29 is 9.59 Å². The van der Waals surface area contributed by atoms with Gasteiger partial charge in [-0.15, -0.1) is 0 Å². The topological polar surface area (TPSA) is 78.1 Å².